The van der Waals surface area contributed by atoms with Crippen LogP contribution in [0.5, 0.6) is 11.8 Å². The highest BCUT2D eigenvalue weighted by atomic mass is 79.9. The van der Waals surface area contributed by atoms with Gasteiger partial charge < -0.3 is 9.30 Å². The van der Waals surface area contributed by atoms with Gasteiger partial charge in [0, 0.05) is 23.9 Å². The van der Waals surface area contributed by atoms with Crippen LogP contribution in [0.1, 0.15) is 0 Å². The van der Waals surface area contributed by atoms with E-state index in [2.05, 4.69) is 20.9 Å². The third-order valence-electron chi connectivity index (χ3n) is 1.87. The van der Waals surface area contributed by atoms with Crippen molar-refractivity contribution in [1.29, 1.82) is 0 Å². The van der Waals surface area contributed by atoms with Crippen LogP contribution in [0.2, 0.25) is 0 Å². The summed E-state index contributed by atoms with van der Waals surface area (Å²) >= 11 is 3.25. The Morgan fingerprint density at radius 3 is 2.93 bits per heavy atom. The first kappa shape index (κ1) is 10.2. The predicted molar refractivity (Wildman–Crippen MR) is 57.4 cm³/mol. The summed E-state index contributed by atoms with van der Waals surface area (Å²) in [5.41, 5.74) is 0. The van der Waals surface area contributed by atoms with Gasteiger partial charge in [-0.1, -0.05) is 15.9 Å². The molecule has 15 heavy (non-hydrogen) atoms. The Hall–Kier alpha value is -1.36. The number of aryl methyl sites for hydroxylation is 1. The van der Waals surface area contributed by atoms with Crippen molar-refractivity contribution in [2.24, 2.45) is 7.05 Å². The Labute approximate surface area is 94.6 Å². The first-order chi connectivity index (χ1) is 7.16. The van der Waals surface area contributed by atoms with E-state index < -0.39 is 5.82 Å². The second kappa shape index (κ2) is 4.02. The number of benzene rings is 1. The Bertz CT molecular complexity index is 484. The molecular formula is C10H8BrFN2O. The van der Waals surface area contributed by atoms with Crippen LogP contribution in [-0.2, 0) is 7.05 Å². The van der Waals surface area contributed by atoms with Gasteiger partial charge in [-0.3, -0.25) is 0 Å². The van der Waals surface area contributed by atoms with Gasteiger partial charge in [-0.15, -0.1) is 0 Å². The van der Waals surface area contributed by atoms with Crippen LogP contribution in [-0.4, -0.2) is 9.55 Å². The van der Waals surface area contributed by atoms with E-state index in [1.807, 2.05) is 0 Å². The Kier molecular flexibility index (Phi) is 2.73. The average molecular weight is 271 g/mol. The maximum Gasteiger partial charge on any atom is 0.301 e. The van der Waals surface area contributed by atoms with Crippen LogP contribution >= 0.6 is 15.9 Å². The van der Waals surface area contributed by atoms with Gasteiger partial charge in [0.15, 0.2) is 11.6 Å². The summed E-state index contributed by atoms with van der Waals surface area (Å²) in [6, 6.07) is 4.86. The maximum absolute atomic E-state index is 13.3. The number of halogens is 2. The quantitative estimate of drug-likeness (QED) is 0.839. The van der Waals surface area contributed by atoms with E-state index >= 15 is 0 Å². The molecule has 0 saturated carbocycles. The first-order valence-corrected chi connectivity index (χ1v) is 5.06. The third kappa shape index (κ3) is 2.18. The molecule has 3 nitrogen and oxygen atoms in total. The zero-order valence-electron chi connectivity index (χ0n) is 7.95. The Morgan fingerprint density at radius 2 is 2.27 bits per heavy atom. The molecule has 0 atom stereocenters. The highest BCUT2D eigenvalue weighted by Crippen LogP contribution is 2.26. The van der Waals surface area contributed by atoms with Gasteiger partial charge in [-0.05, 0) is 18.2 Å². The van der Waals surface area contributed by atoms with Gasteiger partial charge in [0.05, 0.1) is 0 Å². The first-order valence-electron chi connectivity index (χ1n) is 4.27. The number of hydrogen-bond acceptors (Lipinski definition) is 2. The molecule has 78 valence electrons. The normalized spacial score (nSPS) is 10.3. The fourth-order valence-electron chi connectivity index (χ4n) is 1.10. The lowest BCUT2D eigenvalue weighted by molar-refractivity contribution is 0.397. The van der Waals surface area contributed by atoms with E-state index in [1.54, 1.807) is 36.1 Å². The van der Waals surface area contributed by atoms with Crippen LogP contribution in [0.15, 0.2) is 35.1 Å². The van der Waals surface area contributed by atoms with Crippen LogP contribution in [0.3, 0.4) is 0 Å². The highest BCUT2D eigenvalue weighted by Gasteiger charge is 2.07. The number of hydrogen-bond donors (Lipinski definition) is 0. The van der Waals surface area contributed by atoms with Crippen molar-refractivity contribution in [3.8, 4) is 11.8 Å². The van der Waals surface area contributed by atoms with E-state index in [0.717, 1.165) is 4.47 Å². The molecule has 1 aromatic carbocycles. The molecule has 0 fully saturated rings. The van der Waals surface area contributed by atoms with Crippen molar-refractivity contribution >= 4 is 15.9 Å². The lowest BCUT2D eigenvalue weighted by Crippen LogP contribution is -1.95. The van der Waals surface area contributed by atoms with Crippen molar-refractivity contribution in [2.75, 3.05) is 0 Å². The molecule has 0 spiro atoms. The molecule has 1 aromatic heterocycles. The van der Waals surface area contributed by atoms with E-state index in [9.17, 15) is 4.39 Å². The summed E-state index contributed by atoms with van der Waals surface area (Å²) in [5, 5.41) is 0. The molecule has 5 heteroatoms. The average Bonchev–Trinajstić information content (AvgIpc) is 2.58. The van der Waals surface area contributed by atoms with Crippen LogP contribution < -0.4 is 4.74 Å². The van der Waals surface area contributed by atoms with Crippen LogP contribution in [0.25, 0.3) is 0 Å². The Balaban J connectivity index is 2.32. The summed E-state index contributed by atoms with van der Waals surface area (Å²) in [7, 11) is 1.78. The molecule has 0 aliphatic carbocycles. The molecule has 2 aromatic rings. The van der Waals surface area contributed by atoms with Crippen molar-refractivity contribution < 1.29 is 9.13 Å². The van der Waals surface area contributed by atoms with Crippen molar-refractivity contribution in [3.63, 3.8) is 0 Å². The van der Waals surface area contributed by atoms with Gasteiger partial charge in [0.1, 0.15) is 0 Å². The monoisotopic (exact) mass is 270 g/mol. The van der Waals surface area contributed by atoms with E-state index in [1.165, 1.54) is 6.07 Å². The predicted octanol–water partition coefficient (Wildman–Crippen LogP) is 3.11. The number of imidazole rings is 1. The van der Waals surface area contributed by atoms with Gasteiger partial charge >= 0.3 is 6.01 Å². The zero-order chi connectivity index (χ0) is 10.8. The van der Waals surface area contributed by atoms with Crippen LogP contribution in [0.4, 0.5) is 4.39 Å². The SMILES string of the molecule is Cn1ccnc1Oc1cc(Br)ccc1F. The molecule has 0 radical (unpaired) electrons. The molecule has 0 saturated heterocycles. The minimum Gasteiger partial charge on any atom is -0.422 e. The van der Waals surface area contributed by atoms with E-state index in [4.69, 9.17) is 4.74 Å². The molecule has 0 unspecified atom stereocenters. The molecule has 0 N–H and O–H groups in total. The van der Waals surface area contributed by atoms with Crippen molar-refractivity contribution in [1.82, 2.24) is 9.55 Å². The molecule has 0 bridgehead atoms. The van der Waals surface area contributed by atoms with Crippen molar-refractivity contribution in [3.05, 3.63) is 40.9 Å². The fraction of sp³-hybridized carbons (Fsp3) is 0.100. The molecule has 0 aliphatic rings. The lowest BCUT2D eigenvalue weighted by Gasteiger charge is -2.05. The van der Waals surface area contributed by atoms with E-state index in [0.29, 0.717) is 6.01 Å². The number of aromatic nitrogens is 2. The summed E-state index contributed by atoms with van der Waals surface area (Å²) in [6.45, 7) is 0. The maximum atomic E-state index is 13.3. The lowest BCUT2D eigenvalue weighted by atomic mass is 10.3. The summed E-state index contributed by atoms with van der Waals surface area (Å²) in [6.07, 6.45) is 3.32. The molecule has 0 amide bonds. The van der Waals surface area contributed by atoms with Gasteiger partial charge in [0.2, 0.25) is 0 Å². The second-order valence-electron chi connectivity index (χ2n) is 3.00. The summed E-state index contributed by atoms with van der Waals surface area (Å²) in [5.74, 6) is -0.264. The minimum atomic E-state index is -0.416. The smallest absolute Gasteiger partial charge is 0.301 e. The minimum absolute atomic E-state index is 0.152. The zero-order valence-corrected chi connectivity index (χ0v) is 9.53. The van der Waals surface area contributed by atoms with Gasteiger partial charge in [0.25, 0.3) is 0 Å². The van der Waals surface area contributed by atoms with Gasteiger partial charge in [-0.2, -0.15) is 0 Å². The number of ether oxygens (including phenoxy) is 1. The van der Waals surface area contributed by atoms with Crippen molar-refractivity contribution in [2.45, 2.75) is 0 Å². The third-order valence-corrected chi connectivity index (χ3v) is 2.36. The molecule has 1 heterocycles. The fourth-order valence-corrected chi connectivity index (χ4v) is 1.44. The summed E-state index contributed by atoms with van der Waals surface area (Å²) < 4.78 is 21.0. The number of rotatable bonds is 2. The standard InChI is InChI=1S/C10H8BrFN2O/c1-14-5-4-13-10(14)15-9-6-7(11)2-3-8(9)12/h2-6H,1H3. The summed E-state index contributed by atoms with van der Waals surface area (Å²) in [4.78, 5) is 3.94. The van der Waals surface area contributed by atoms with E-state index in [-0.39, 0.29) is 5.75 Å². The number of nitrogens with zero attached hydrogens (tertiary/aromatic N) is 2. The highest BCUT2D eigenvalue weighted by molar-refractivity contribution is 9.10. The largest absolute Gasteiger partial charge is 0.422 e. The van der Waals surface area contributed by atoms with Crippen LogP contribution in [0, 0.1) is 5.82 Å². The van der Waals surface area contributed by atoms with Gasteiger partial charge in [-0.25, -0.2) is 9.37 Å². The molecular weight excluding hydrogens is 263 g/mol. The Morgan fingerprint density at radius 1 is 1.47 bits per heavy atom. The molecule has 2 rings (SSSR count). The second-order valence-corrected chi connectivity index (χ2v) is 3.91. The topological polar surface area (TPSA) is 27.1 Å². The molecule has 0 aliphatic heterocycles.